The first-order valence-electron chi connectivity index (χ1n) is 10.5. The van der Waals surface area contributed by atoms with Gasteiger partial charge in [-0.25, -0.2) is 4.98 Å². The van der Waals surface area contributed by atoms with E-state index in [1.54, 1.807) is 21.3 Å². The summed E-state index contributed by atoms with van der Waals surface area (Å²) in [4.78, 5) is 4.93. The molecule has 1 aromatic heterocycles. The average Bonchev–Trinajstić information content (AvgIpc) is 3.13. The minimum atomic E-state index is 0.595. The fourth-order valence-electron chi connectivity index (χ4n) is 3.78. The lowest BCUT2D eigenvalue weighted by Crippen LogP contribution is -2.02. The molecule has 0 aliphatic heterocycles. The second kappa shape index (κ2) is 10.2. The molecule has 156 valence electrons. The Morgan fingerprint density at radius 3 is 2.14 bits per heavy atom. The summed E-state index contributed by atoms with van der Waals surface area (Å²) in [6.45, 7) is 3.19. The highest BCUT2D eigenvalue weighted by Crippen LogP contribution is 2.41. The van der Waals surface area contributed by atoms with Gasteiger partial charge in [-0.1, -0.05) is 51.2 Å². The number of aromatic nitrogens is 2. The highest BCUT2D eigenvalue weighted by molar-refractivity contribution is 5.81. The van der Waals surface area contributed by atoms with Crippen molar-refractivity contribution < 1.29 is 14.2 Å². The molecule has 0 N–H and O–H groups in total. The van der Waals surface area contributed by atoms with Crippen molar-refractivity contribution in [3.63, 3.8) is 0 Å². The van der Waals surface area contributed by atoms with Crippen molar-refractivity contribution >= 4 is 11.0 Å². The number of benzene rings is 2. The van der Waals surface area contributed by atoms with Gasteiger partial charge >= 0.3 is 0 Å². The molecule has 29 heavy (non-hydrogen) atoms. The lowest BCUT2D eigenvalue weighted by Gasteiger charge is -2.15. The highest BCUT2D eigenvalue weighted by Gasteiger charge is 2.18. The third-order valence-corrected chi connectivity index (χ3v) is 5.31. The summed E-state index contributed by atoms with van der Waals surface area (Å²) >= 11 is 0. The van der Waals surface area contributed by atoms with E-state index in [-0.39, 0.29) is 0 Å². The lowest BCUT2D eigenvalue weighted by molar-refractivity contribution is 0.324. The van der Waals surface area contributed by atoms with Gasteiger partial charge in [0.15, 0.2) is 11.5 Å². The Kier molecular flexibility index (Phi) is 7.39. The molecule has 0 atom stereocenters. The normalized spacial score (nSPS) is 11.0. The maximum atomic E-state index is 5.55. The number of hydrogen-bond acceptors (Lipinski definition) is 4. The van der Waals surface area contributed by atoms with Crippen LogP contribution < -0.4 is 14.2 Å². The molecular weight excluding hydrogens is 364 g/mol. The van der Waals surface area contributed by atoms with Crippen molar-refractivity contribution in [2.24, 2.45) is 0 Å². The number of para-hydroxylation sites is 2. The summed E-state index contributed by atoms with van der Waals surface area (Å²) in [7, 11) is 4.90. The molecule has 0 radical (unpaired) electrons. The molecule has 3 aromatic rings. The van der Waals surface area contributed by atoms with Crippen LogP contribution in [0.25, 0.3) is 22.4 Å². The Bertz CT molecular complexity index is 908. The Morgan fingerprint density at radius 1 is 0.828 bits per heavy atom. The van der Waals surface area contributed by atoms with Crippen molar-refractivity contribution in [3.8, 4) is 28.6 Å². The van der Waals surface area contributed by atoms with E-state index in [9.17, 15) is 0 Å². The first-order valence-corrected chi connectivity index (χ1v) is 10.5. The number of aryl methyl sites for hydroxylation is 1. The van der Waals surface area contributed by atoms with Crippen LogP contribution in [0.1, 0.15) is 45.4 Å². The average molecular weight is 397 g/mol. The molecule has 0 saturated heterocycles. The largest absolute Gasteiger partial charge is 0.493 e. The van der Waals surface area contributed by atoms with Crippen molar-refractivity contribution in [3.05, 3.63) is 36.4 Å². The van der Waals surface area contributed by atoms with Crippen molar-refractivity contribution in [1.29, 1.82) is 0 Å². The quantitative estimate of drug-likeness (QED) is 0.368. The molecule has 0 amide bonds. The van der Waals surface area contributed by atoms with Crippen LogP contribution in [0.15, 0.2) is 36.4 Å². The van der Waals surface area contributed by atoms with Crippen LogP contribution >= 0.6 is 0 Å². The molecule has 0 spiro atoms. The Balaban J connectivity index is 1.96. The second-order valence-corrected chi connectivity index (χ2v) is 7.26. The first-order chi connectivity index (χ1) is 14.2. The maximum absolute atomic E-state index is 5.55. The van der Waals surface area contributed by atoms with Gasteiger partial charge in [0.05, 0.1) is 32.4 Å². The highest BCUT2D eigenvalue weighted by atomic mass is 16.5. The Labute approximate surface area is 173 Å². The minimum absolute atomic E-state index is 0.595. The van der Waals surface area contributed by atoms with Gasteiger partial charge in [0.1, 0.15) is 5.82 Å². The zero-order valence-corrected chi connectivity index (χ0v) is 18.0. The first kappa shape index (κ1) is 21.0. The zero-order chi connectivity index (χ0) is 20.6. The molecule has 0 saturated carbocycles. The minimum Gasteiger partial charge on any atom is -0.493 e. The van der Waals surface area contributed by atoms with E-state index in [4.69, 9.17) is 19.2 Å². The SMILES string of the molecule is CCCCCCCCn1c(-c2cc(OC)c(OC)c(OC)c2)nc2ccccc21. The molecule has 2 aromatic carbocycles. The van der Waals surface area contributed by atoms with Crippen LogP contribution in [0.4, 0.5) is 0 Å². The number of hydrogen-bond donors (Lipinski definition) is 0. The number of methoxy groups -OCH3 is 3. The summed E-state index contributed by atoms with van der Waals surface area (Å²) in [5, 5.41) is 0. The summed E-state index contributed by atoms with van der Waals surface area (Å²) < 4.78 is 18.9. The van der Waals surface area contributed by atoms with Crippen LogP contribution in [0.2, 0.25) is 0 Å². The molecule has 3 rings (SSSR count). The standard InChI is InChI=1S/C24H32N2O3/c1-5-6-7-8-9-12-15-26-20-14-11-10-13-19(20)25-24(26)18-16-21(27-2)23(29-4)22(17-18)28-3/h10-11,13-14,16-17H,5-9,12,15H2,1-4H3. The molecular formula is C24H32N2O3. The molecule has 0 aliphatic rings. The second-order valence-electron chi connectivity index (χ2n) is 7.26. The fourth-order valence-corrected chi connectivity index (χ4v) is 3.78. The third-order valence-electron chi connectivity index (χ3n) is 5.31. The third kappa shape index (κ3) is 4.66. The van der Waals surface area contributed by atoms with Crippen LogP contribution in [0, 0.1) is 0 Å². The van der Waals surface area contributed by atoms with E-state index >= 15 is 0 Å². The predicted molar refractivity (Wildman–Crippen MR) is 118 cm³/mol. The van der Waals surface area contributed by atoms with Gasteiger partial charge in [0, 0.05) is 12.1 Å². The summed E-state index contributed by atoms with van der Waals surface area (Å²) in [5.74, 6) is 2.80. The number of unbranched alkanes of at least 4 members (excludes halogenated alkanes) is 5. The van der Waals surface area contributed by atoms with Gasteiger partial charge in [-0.05, 0) is 30.7 Å². The summed E-state index contributed by atoms with van der Waals surface area (Å²) in [6.07, 6.45) is 7.59. The molecule has 0 aliphatic carbocycles. The van der Waals surface area contributed by atoms with Gasteiger partial charge in [-0.3, -0.25) is 0 Å². The van der Waals surface area contributed by atoms with E-state index in [0.717, 1.165) is 35.4 Å². The Morgan fingerprint density at radius 2 is 1.48 bits per heavy atom. The van der Waals surface area contributed by atoms with Gasteiger partial charge in [0.25, 0.3) is 0 Å². The topological polar surface area (TPSA) is 45.5 Å². The van der Waals surface area contributed by atoms with Gasteiger partial charge in [-0.2, -0.15) is 0 Å². The van der Waals surface area contributed by atoms with Crippen LogP contribution in [0.3, 0.4) is 0 Å². The number of fused-ring (bicyclic) bond motifs is 1. The number of imidazole rings is 1. The molecule has 5 heteroatoms. The van der Waals surface area contributed by atoms with E-state index in [1.165, 1.54) is 32.1 Å². The van der Waals surface area contributed by atoms with Crippen molar-refractivity contribution in [2.75, 3.05) is 21.3 Å². The predicted octanol–water partition coefficient (Wildman–Crippen LogP) is 6.09. The molecule has 1 heterocycles. The molecule has 0 bridgehead atoms. The van der Waals surface area contributed by atoms with Gasteiger partial charge < -0.3 is 18.8 Å². The molecule has 0 unspecified atom stereocenters. The molecule has 5 nitrogen and oxygen atoms in total. The number of ether oxygens (including phenoxy) is 3. The molecule has 0 fully saturated rings. The fraction of sp³-hybridized carbons (Fsp3) is 0.458. The Hall–Kier alpha value is -2.69. The van der Waals surface area contributed by atoms with E-state index < -0.39 is 0 Å². The summed E-state index contributed by atoms with van der Waals surface area (Å²) in [5.41, 5.74) is 3.12. The van der Waals surface area contributed by atoms with Gasteiger partial charge in [-0.15, -0.1) is 0 Å². The lowest BCUT2D eigenvalue weighted by atomic mass is 10.1. The smallest absolute Gasteiger partial charge is 0.203 e. The van der Waals surface area contributed by atoms with E-state index in [0.29, 0.717) is 17.2 Å². The van der Waals surface area contributed by atoms with Crippen molar-refractivity contribution in [1.82, 2.24) is 9.55 Å². The monoisotopic (exact) mass is 396 g/mol. The van der Waals surface area contributed by atoms with E-state index in [1.807, 2.05) is 18.2 Å². The van der Waals surface area contributed by atoms with Crippen LogP contribution in [0.5, 0.6) is 17.2 Å². The van der Waals surface area contributed by atoms with E-state index in [2.05, 4.69) is 29.7 Å². The number of nitrogens with zero attached hydrogens (tertiary/aromatic N) is 2. The maximum Gasteiger partial charge on any atom is 0.203 e. The van der Waals surface area contributed by atoms with Gasteiger partial charge in [0.2, 0.25) is 5.75 Å². The van der Waals surface area contributed by atoms with Crippen molar-refractivity contribution in [2.45, 2.75) is 52.0 Å². The van der Waals surface area contributed by atoms with Crippen LogP contribution in [-0.4, -0.2) is 30.9 Å². The zero-order valence-electron chi connectivity index (χ0n) is 18.0. The van der Waals surface area contributed by atoms with Crippen LogP contribution in [-0.2, 0) is 6.54 Å². The number of rotatable bonds is 11. The summed E-state index contributed by atoms with van der Waals surface area (Å²) in [6, 6.07) is 12.3.